The highest BCUT2D eigenvalue weighted by Gasteiger charge is 2.23. The highest BCUT2D eigenvalue weighted by atomic mass is 16.5. The molecular formula is C23H29NO3. The van der Waals surface area contributed by atoms with E-state index in [1.807, 2.05) is 56.3 Å². The quantitative estimate of drug-likeness (QED) is 0.268. The lowest BCUT2D eigenvalue weighted by molar-refractivity contribution is 0.102. The summed E-state index contributed by atoms with van der Waals surface area (Å²) in [6.07, 6.45) is 2.59. The number of Topliss-reactive ketones (excluding diaryl/α,β-unsaturated/α-hetero) is 1. The molecule has 4 heteroatoms. The van der Waals surface area contributed by atoms with E-state index in [-0.39, 0.29) is 11.7 Å². The Kier molecular flexibility index (Phi) is 7.59. The van der Waals surface area contributed by atoms with Crippen LogP contribution in [-0.2, 0) is 11.2 Å². The van der Waals surface area contributed by atoms with Crippen molar-refractivity contribution in [1.82, 2.24) is 0 Å². The molecule has 0 saturated carbocycles. The summed E-state index contributed by atoms with van der Waals surface area (Å²) in [5.41, 5.74) is 1.25. The molecule has 0 aliphatic rings. The van der Waals surface area contributed by atoms with E-state index in [2.05, 4.69) is 6.92 Å². The molecular weight excluding hydrogens is 338 g/mol. The molecule has 0 aromatic heterocycles. The van der Waals surface area contributed by atoms with Crippen LogP contribution in [0, 0.1) is 0 Å². The van der Waals surface area contributed by atoms with E-state index < -0.39 is 5.54 Å². The maximum Gasteiger partial charge on any atom is 0.259 e. The van der Waals surface area contributed by atoms with Gasteiger partial charge in [-0.2, -0.15) is 0 Å². The zero-order valence-electron chi connectivity index (χ0n) is 16.7. The highest BCUT2D eigenvalue weighted by molar-refractivity contribution is 6.43. The van der Waals surface area contributed by atoms with Gasteiger partial charge in [0.15, 0.2) is 0 Å². The fourth-order valence-electron chi connectivity index (χ4n) is 2.73. The minimum absolute atomic E-state index is 0.172. The molecule has 0 aliphatic heterocycles. The average Bonchev–Trinajstić information content (AvgIpc) is 2.67. The normalized spacial score (nSPS) is 11.9. The molecule has 2 aromatic carbocycles. The molecule has 27 heavy (non-hydrogen) atoms. The van der Waals surface area contributed by atoms with Gasteiger partial charge in [-0.3, -0.25) is 4.79 Å². The summed E-state index contributed by atoms with van der Waals surface area (Å²) in [6.45, 7) is 6.61. The number of carbonyl (C=O) groups excluding carboxylic acids is 1. The predicted molar refractivity (Wildman–Crippen MR) is 110 cm³/mol. The monoisotopic (exact) mass is 367 g/mol. The zero-order valence-corrected chi connectivity index (χ0v) is 16.7. The van der Waals surface area contributed by atoms with Gasteiger partial charge in [-0.05, 0) is 44.4 Å². The summed E-state index contributed by atoms with van der Waals surface area (Å²) < 4.78 is 11.0. The Morgan fingerprint density at radius 1 is 1.04 bits per heavy atom. The lowest BCUT2D eigenvalue weighted by Crippen LogP contribution is -2.28. The van der Waals surface area contributed by atoms with E-state index >= 15 is 0 Å². The molecule has 0 atom stereocenters. The van der Waals surface area contributed by atoms with Crippen molar-refractivity contribution in [2.45, 2.75) is 45.6 Å². The highest BCUT2D eigenvalue weighted by Crippen LogP contribution is 2.21. The van der Waals surface area contributed by atoms with E-state index in [4.69, 9.17) is 14.5 Å². The van der Waals surface area contributed by atoms with Crippen molar-refractivity contribution in [3.05, 3.63) is 65.7 Å². The molecule has 0 amide bonds. The lowest BCUT2D eigenvalue weighted by atomic mass is 9.95. The number of hydrogen-bond donors (Lipinski definition) is 0. The Labute approximate surface area is 162 Å². The van der Waals surface area contributed by atoms with E-state index in [1.54, 1.807) is 19.2 Å². The fourth-order valence-corrected chi connectivity index (χ4v) is 2.73. The molecule has 0 N–H and O–H groups in total. The van der Waals surface area contributed by atoms with Crippen molar-refractivity contribution in [1.29, 1.82) is 0 Å². The lowest BCUT2D eigenvalue weighted by Gasteiger charge is -2.22. The summed E-state index contributed by atoms with van der Waals surface area (Å²) in [4.78, 5) is 17.6. The molecule has 144 valence electrons. The Bertz CT molecular complexity index is 749. The topological polar surface area (TPSA) is 47.9 Å². The van der Waals surface area contributed by atoms with Gasteiger partial charge in [-0.1, -0.05) is 55.8 Å². The molecule has 0 fully saturated rings. The summed E-state index contributed by atoms with van der Waals surface area (Å²) in [7, 11) is 1.65. The predicted octanol–water partition coefficient (Wildman–Crippen LogP) is 5.11. The molecule has 0 bridgehead atoms. The van der Waals surface area contributed by atoms with Crippen LogP contribution in [0.1, 0.15) is 49.5 Å². The van der Waals surface area contributed by atoms with Crippen molar-refractivity contribution >= 4 is 11.7 Å². The Balaban J connectivity index is 2.22. The van der Waals surface area contributed by atoms with Gasteiger partial charge in [0.2, 0.25) is 5.78 Å². The van der Waals surface area contributed by atoms with Crippen molar-refractivity contribution in [3.8, 4) is 5.75 Å². The van der Waals surface area contributed by atoms with Crippen molar-refractivity contribution in [2.24, 2.45) is 4.99 Å². The molecule has 0 unspecified atom stereocenters. The minimum atomic E-state index is -0.472. The first kappa shape index (κ1) is 20.7. The molecule has 2 aromatic rings. The summed E-state index contributed by atoms with van der Waals surface area (Å²) >= 11 is 0. The number of rotatable bonds is 9. The first-order valence-electron chi connectivity index (χ1n) is 9.40. The Morgan fingerprint density at radius 3 is 2.30 bits per heavy atom. The molecule has 0 saturated heterocycles. The maximum atomic E-state index is 12.9. The molecule has 0 heterocycles. The molecule has 4 nitrogen and oxygen atoms in total. The van der Waals surface area contributed by atoms with Crippen LogP contribution in [0.15, 0.2) is 59.6 Å². The average molecular weight is 367 g/mol. The summed E-state index contributed by atoms with van der Waals surface area (Å²) in [6, 6.07) is 17.1. The van der Waals surface area contributed by atoms with Crippen LogP contribution in [0.5, 0.6) is 5.75 Å². The van der Waals surface area contributed by atoms with Crippen LogP contribution in [0.25, 0.3) is 0 Å². The van der Waals surface area contributed by atoms with E-state index in [9.17, 15) is 4.79 Å². The molecule has 0 spiro atoms. The number of carbonyl (C=O) groups is 1. The smallest absolute Gasteiger partial charge is 0.259 e. The number of hydrogen-bond acceptors (Lipinski definition) is 4. The van der Waals surface area contributed by atoms with Crippen LogP contribution in [0.4, 0.5) is 0 Å². The van der Waals surface area contributed by atoms with Gasteiger partial charge in [-0.25, -0.2) is 4.99 Å². The SMILES string of the molecule is CCCCOC(=NC(C)(C)Cc1ccc(OC)cc1)C(=O)c1ccccc1. The number of methoxy groups -OCH3 is 1. The first-order valence-corrected chi connectivity index (χ1v) is 9.40. The number of nitrogens with zero attached hydrogens (tertiary/aromatic N) is 1. The van der Waals surface area contributed by atoms with E-state index in [1.165, 1.54) is 0 Å². The third-order valence-corrected chi connectivity index (χ3v) is 4.17. The van der Waals surface area contributed by atoms with E-state index in [0.717, 1.165) is 24.2 Å². The molecule has 0 aliphatic carbocycles. The van der Waals surface area contributed by atoms with Gasteiger partial charge in [0.1, 0.15) is 5.75 Å². The Morgan fingerprint density at radius 2 is 1.70 bits per heavy atom. The van der Waals surface area contributed by atoms with Crippen molar-refractivity contribution < 1.29 is 14.3 Å². The van der Waals surface area contributed by atoms with E-state index in [0.29, 0.717) is 18.6 Å². The van der Waals surface area contributed by atoms with Gasteiger partial charge in [-0.15, -0.1) is 0 Å². The largest absolute Gasteiger partial charge is 0.497 e. The second kappa shape index (κ2) is 9.91. The number of ketones is 1. The standard InChI is InChI=1S/C23H29NO3/c1-5-6-16-27-22(21(25)19-10-8-7-9-11-19)24-23(2,3)17-18-12-14-20(26-4)15-13-18/h7-15H,5-6,16-17H2,1-4H3. The third kappa shape index (κ3) is 6.55. The van der Waals surface area contributed by atoms with Gasteiger partial charge in [0.25, 0.3) is 5.90 Å². The van der Waals surface area contributed by atoms with Crippen LogP contribution >= 0.6 is 0 Å². The van der Waals surface area contributed by atoms with Crippen LogP contribution in [0.3, 0.4) is 0 Å². The molecule has 2 rings (SSSR count). The van der Waals surface area contributed by atoms with Crippen molar-refractivity contribution in [2.75, 3.05) is 13.7 Å². The van der Waals surface area contributed by atoms with Crippen LogP contribution < -0.4 is 4.74 Å². The second-order valence-electron chi connectivity index (χ2n) is 7.15. The summed E-state index contributed by atoms with van der Waals surface area (Å²) in [5.74, 6) is 0.838. The number of aliphatic imine (C=N–C) groups is 1. The third-order valence-electron chi connectivity index (χ3n) is 4.17. The van der Waals surface area contributed by atoms with Crippen molar-refractivity contribution in [3.63, 3.8) is 0 Å². The minimum Gasteiger partial charge on any atom is -0.497 e. The number of ether oxygens (including phenoxy) is 2. The first-order chi connectivity index (χ1) is 12.9. The zero-order chi connectivity index (χ0) is 19.7. The maximum absolute atomic E-state index is 12.9. The van der Waals surface area contributed by atoms with Gasteiger partial charge in [0, 0.05) is 5.56 Å². The van der Waals surface area contributed by atoms with Gasteiger partial charge in [0.05, 0.1) is 19.3 Å². The Hall–Kier alpha value is -2.62. The summed E-state index contributed by atoms with van der Waals surface area (Å²) in [5, 5.41) is 0. The molecule has 0 radical (unpaired) electrons. The van der Waals surface area contributed by atoms with Crippen LogP contribution in [0.2, 0.25) is 0 Å². The van der Waals surface area contributed by atoms with Gasteiger partial charge < -0.3 is 9.47 Å². The number of unbranched alkanes of at least 4 members (excludes halogenated alkanes) is 1. The fraction of sp³-hybridized carbons (Fsp3) is 0.391. The van der Waals surface area contributed by atoms with Gasteiger partial charge >= 0.3 is 0 Å². The number of benzene rings is 2. The van der Waals surface area contributed by atoms with Crippen LogP contribution in [-0.4, -0.2) is 30.9 Å². The second-order valence-corrected chi connectivity index (χ2v) is 7.15.